The normalized spacial score (nSPS) is 10.2. The molecule has 0 unspecified atom stereocenters. The smallest absolute Gasteiger partial charge is 0.374 e. The first-order valence-corrected chi connectivity index (χ1v) is 6.01. The van der Waals surface area contributed by atoms with Gasteiger partial charge in [0.2, 0.25) is 5.76 Å². The van der Waals surface area contributed by atoms with Crippen molar-refractivity contribution in [1.82, 2.24) is 5.16 Å². The van der Waals surface area contributed by atoms with Gasteiger partial charge in [-0.25, -0.2) is 4.79 Å². The van der Waals surface area contributed by atoms with Crippen LogP contribution in [0.2, 0.25) is 5.02 Å². The summed E-state index contributed by atoms with van der Waals surface area (Å²) in [5, 5.41) is 12.6. The van der Waals surface area contributed by atoms with Gasteiger partial charge in [0.15, 0.2) is 17.8 Å². The largest absolute Gasteiger partial charge is 0.492 e. The Morgan fingerprint density at radius 2 is 2.00 bits per heavy atom. The van der Waals surface area contributed by atoms with Gasteiger partial charge < -0.3 is 19.1 Å². The first-order chi connectivity index (χ1) is 10.0. The Balaban J connectivity index is 2.70. The molecule has 0 bridgehead atoms. The molecule has 0 aliphatic rings. The van der Waals surface area contributed by atoms with Crippen molar-refractivity contribution in [2.45, 2.75) is 0 Å². The maximum atomic E-state index is 11.1. The summed E-state index contributed by atoms with van der Waals surface area (Å²) in [6.07, 6.45) is 0.541. The number of carboxylic acids is 1. The Kier molecular flexibility index (Phi) is 4.13. The Labute approximate surface area is 124 Å². The molecule has 0 spiro atoms. The van der Waals surface area contributed by atoms with Crippen LogP contribution in [0, 0.1) is 0 Å². The quantitative estimate of drug-likeness (QED) is 0.847. The third-order valence-electron chi connectivity index (χ3n) is 2.75. The number of nitrogens with zero attached hydrogens (tertiary/aromatic N) is 1. The number of aldehydes is 1. The Morgan fingerprint density at radius 1 is 1.33 bits per heavy atom. The number of aromatic nitrogens is 1. The highest BCUT2D eigenvalue weighted by Crippen LogP contribution is 2.43. The van der Waals surface area contributed by atoms with Crippen molar-refractivity contribution in [3.63, 3.8) is 0 Å². The number of methoxy groups -OCH3 is 2. The number of carboxylic acid groups (broad SMARTS) is 1. The molecular formula is C13H10ClNO6. The average molecular weight is 312 g/mol. The SMILES string of the molecule is COc1c(-c2cc(C(=O)O)on2)cc(Cl)c(C=O)c1OC. The molecule has 7 nitrogen and oxygen atoms in total. The molecule has 8 heteroatoms. The van der Waals surface area contributed by atoms with Crippen LogP contribution in [0.5, 0.6) is 11.5 Å². The van der Waals surface area contributed by atoms with Gasteiger partial charge in [-0.05, 0) is 6.07 Å². The molecule has 2 aromatic rings. The number of hydrogen-bond donors (Lipinski definition) is 1. The van der Waals surface area contributed by atoms with E-state index in [0.29, 0.717) is 11.8 Å². The Bertz CT molecular complexity index is 709. The molecule has 0 aliphatic carbocycles. The van der Waals surface area contributed by atoms with Crippen molar-refractivity contribution in [2.75, 3.05) is 14.2 Å². The lowest BCUT2D eigenvalue weighted by Crippen LogP contribution is -1.99. The minimum absolute atomic E-state index is 0.123. The fraction of sp³-hybridized carbons (Fsp3) is 0.154. The van der Waals surface area contributed by atoms with Crippen LogP contribution in [0.4, 0.5) is 0 Å². The second-order valence-electron chi connectivity index (χ2n) is 3.89. The van der Waals surface area contributed by atoms with Crippen molar-refractivity contribution >= 4 is 23.9 Å². The van der Waals surface area contributed by atoms with E-state index in [1.165, 1.54) is 26.4 Å². The van der Waals surface area contributed by atoms with Gasteiger partial charge in [0.25, 0.3) is 0 Å². The van der Waals surface area contributed by atoms with Crippen LogP contribution < -0.4 is 9.47 Å². The first-order valence-electron chi connectivity index (χ1n) is 5.63. The number of ether oxygens (including phenoxy) is 2. The molecule has 0 radical (unpaired) electrons. The standard InChI is InChI=1S/C13H10ClNO6/c1-19-11-6(9-4-10(13(17)18)21-15-9)3-8(14)7(5-16)12(11)20-2/h3-5H,1-2H3,(H,17,18). The molecule has 21 heavy (non-hydrogen) atoms. The van der Waals surface area contributed by atoms with Gasteiger partial charge in [-0.2, -0.15) is 0 Å². The van der Waals surface area contributed by atoms with E-state index in [1.54, 1.807) is 0 Å². The summed E-state index contributed by atoms with van der Waals surface area (Å²) < 4.78 is 15.0. The number of benzene rings is 1. The summed E-state index contributed by atoms with van der Waals surface area (Å²) in [6, 6.07) is 2.65. The highest BCUT2D eigenvalue weighted by molar-refractivity contribution is 6.33. The number of carbonyl (C=O) groups excluding carboxylic acids is 1. The van der Waals surface area contributed by atoms with Crippen molar-refractivity contribution in [1.29, 1.82) is 0 Å². The highest BCUT2D eigenvalue weighted by Gasteiger charge is 2.23. The van der Waals surface area contributed by atoms with Crippen LogP contribution in [-0.4, -0.2) is 36.7 Å². The lowest BCUT2D eigenvalue weighted by Gasteiger charge is -2.14. The summed E-state index contributed by atoms with van der Waals surface area (Å²) in [4.78, 5) is 21.9. The molecule has 110 valence electrons. The molecule has 0 fully saturated rings. The van der Waals surface area contributed by atoms with E-state index >= 15 is 0 Å². The van der Waals surface area contributed by atoms with Gasteiger partial charge >= 0.3 is 5.97 Å². The third kappa shape index (κ3) is 2.55. The van der Waals surface area contributed by atoms with E-state index in [4.69, 9.17) is 30.7 Å². The molecule has 0 saturated heterocycles. The summed E-state index contributed by atoms with van der Waals surface area (Å²) in [5.41, 5.74) is 0.671. The van der Waals surface area contributed by atoms with Crippen LogP contribution in [0.3, 0.4) is 0 Å². The third-order valence-corrected chi connectivity index (χ3v) is 3.06. The van der Waals surface area contributed by atoms with Gasteiger partial charge in [-0.1, -0.05) is 16.8 Å². The highest BCUT2D eigenvalue weighted by atomic mass is 35.5. The zero-order valence-electron chi connectivity index (χ0n) is 11.0. The summed E-state index contributed by atoms with van der Waals surface area (Å²) in [6.45, 7) is 0. The van der Waals surface area contributed by atoms with E-state index in [2.05, 4.69) is 5.16 Å². The predicted molar refractivity (Wildman–Crippen MR) is 72.4 cm³/mol. The van der Waals surface area contributed by atoms with Crippen molar-refractivity contribution in [3.05, 3.63) is 28.5 Å². The van der Waals surface area contributed by atoms with E-state index in [9.17, 15) is 9.59 Å². The molecule has 0 aliphatic heterocycles. The number of aromatic carboxylic acids is 1. The van der Waals surface area contributed by atoms with Crippen molar-refractivity contribution < 1.29 is 28.7 Å². The van der Waals surface area contributed by atoms with Gasteiger partial charge in [0.05, 0.1) is 30.4 Å². The average Bonchev–Trinajstić information content (AvgIpc) is 2.95. The van der Waals surface area contributed by atoms with Crippen LogP contribution in [0.25, 0.3) is 11.3 Å². The fourth-order valence-electron chi connectivity index (χ4n) is 1.83. The van der Waals surface area contributed by atoms with Gasteiger partial charge in [0.1, 0.15) is 5.69 Å². The fourth-order valence-corrected chi connectivity index (χ4v) is 2.07. The number of halogens is 1. The Morgan fingerprint density at radius 3 is 2.48 bits per heavy atom. The molecule has 1 aromatic carbocycles. The molecular weight excluding hydrogens is 302 g/mol. The second-order valence-corrected chi connectivity index (χ2v) is 4.29. The summed E-state index contributed by atoms with van der Waals surface area (Å²) in [7, 11) is 2.73. The molecule has 0 saturated carbocycles. The molecule has 1 N–H and O–H groups in total. The zero-order valence-corrected chi connectivity index (χ0v) is 11.8. The maximum absolute atomic E-state index is 11.1. The van der Waals surface area contributed by atoms with Crippen LogP contribution in [0.15, 0.2) is 16.7 Å². The molecule has 0 atom stereocenters. The summed E-state index contributed by atoms with van der Waals surface area (Å²) in [5.74, 6) is -1.25. The lowest BCUT2D eigenvalue weighted by atomic mass is 10.1. The van der Waals surface area contributed by atoms with E-state index in [0.717, 1.165) is 0 Å². The minimum Gasteiger partial charge on any atom is -0.492 e. The van der Waals surface area contributed by atoms with Crippen molar-refractivity contribution in [2.24, 2.45) is 0 Å². The van der Waals surface area contributed by atoms with E-state index < -0.39 is 5.97 Å². The zero-order chi connectivity index (χ0) is 15.6. The Hall–Kier alpha value is -2.54. The monoisotopic (exact) mass is 311 g/mol. The number of hydrogen-bond acceptors (Lipinski definition) is 6. The molecule has 0 amide bonds. The van der Waals surface area contributed by atoms with Gasteiger partial charge in [-0.15, -0.1) is 0 Å². The predicted octanol–water partition coefficient (Wildman–Crippen LogP) is 2.52. The molecule has 1 heterocycles. The summed E-state index contributed by atoms with van der Waals surface area (Å²) >= 11 is 6.02. The van der Waals surface area contributed by atoms with E-state index in [1.807, 2.05) is 0 Å². The van der Waals surface area contributed by atoms with Crippen molar-refractivity contribution in [3.8, 4) is 22.8 Å². The minimum atomic E-state index is -1.25. The van der Waals surface area contributed by atoms with Gasteiger partial charge in [0, 0.05) is 6.07 Å². The van der Waals surface area contributed by atoms with Gasteiger partial charge in [-0.3, -0.25) is 4.79 Å². The molecule has 1 aromatic heterocycles. The number of rotatable bonds is 5. The first kappa shape index (κ1) is 14.9. The lowest BCUT2D eigenvalue weighted by molar-refractivity contribution is 0.0652. The maximum Gasteiger partial charge on any atom is 0.374 e. The van der Waals surface area contributed by atoms with E-state index in [-0.39, 0.29) is 33.5 Å². The number of carbonyl (C=O) groups is 2. The van der Waals surface area contributed by atoms with Crippen LogP contribution in [0.1, 0.15) is 20.9 Å². The van der Waals surface area contributed by atoms with Crippen LogP contribution in [-0.2, 0) is 0 Å². The topological polar surface area (TPSA) is 98.9 Å². The molecule has 2 rings (SSSR count). The van der Waals surface area contributed by atoms with Crippen LogP contribution >= 0.6 is 11.6 Å². The second kappa shape index (κ2) is 5.84.